The molecule has 1 aliphatic rings. The van der Waals surface area contributed by atoms with Gasteiger partial charge in [0, 0.05) is 12.6 Å². The van der Waals surface area contributed by atoms with Gasteiger partial charge in [-0.15, -0.1) is 0 Å². The molecule has 1 rings (SSSR count). The molecule has 9 heavy (non-hydrogen) atoms. The zero-order valence-electron chi connectivity index (χ0n) is 5.80. The van der Waals surface area contributed by atoms with Crippen molar-refractivity contribution in [1.82, 2.24) is 5.32 Å². The van der Waals surface area contributed by atoms with Gasteiger partial charge in [0.05, 0.1) is 0 Å². The molecule has 0 bridgehead atoms. The molecule has 3 N–H and O–H groups in total. The average Bonchev–Trinajstić information content (AvgIpc) is 2.17. The summed E-state index contributed by atoms with van der Waals surface area (Å²) < 4.78 is 0. The van der Waals surface area contributed by atoms with Gasteiger partial charge in [0.1, 0.15) is 0 Å². The van der Waals surface area contributed by atoms with Gasteiger partial charge in [-0.2, -0.15) is 0 Å². The average molecular weight is 126 g/mol. The van der Waals surface area contributed by atoms with Gasteiger partial charge >= 0.3 is 0 Å². The summed E-state index contributed by atoms with van der Waals surface area (Å²) in [4.78, 5) is 0. The predicted molar refractivity (Wildman–Crippen MR) is 39.1 cm³/mol. The van der Waals surface area contributed by atoms with Gasteiger partial charge in [-0.1, -0.05) is 12.2 Å². The van der Waals surface area contributed by atoms with E-state index in [9.17, 15) is 0 Å². The van der Waals surface area contributed by atoms with Crippen LogP contribution in [-0.2, 0) is 0 Å². The third-order valence-corrected chi connectivity index (χ3v) is 1.67. The lowest BCUT2D eigenvalue weighted by atomic mass is 10.1. The molecule has 2 atom stereocenters. The van der Waals surface area contributed by atoms with Gasteiger partial charge in [-0.25, -0.2) is 0 Å². The Labute approximate surface area is 56.1 Å². The zero-order valence-corrected chi connectivity index (χ0v) is 5.80. The van der Waals surface area contributed by atoms with Gasteiger partial charge < -0.3 is 11.1 Å². The molecular weight excluding hydrogens is 112 g/mol. The highest BCUT2D eigenvalue weighted by molar-refractivity contribution is 5.04. The van der Waals surface area contributed by atoms with E-state index in [2.05, 4.69) is 17.5 Å². The van der Waals surface area contributed by atoms with Gasteiger partial charge in [-0.05, 0) is 19.4 Å². The fourth-order valence-electron chi connectivity index (χ4n) is 1.22. The summed E-state index contributed by atoms with van der Waals surface area (Å²) in [6.45, 7) is 1.06. The lowest BCUT2D eigenvalue weighted by Crippen LogP contribution is -2.20. The molecule has 0 aromatic heterocycles. The molecule has 0 fully saturated rings. The van der Waals surface area contributed by atoms with Crippen LogP contribution in [0.5, 0.6) is 0 Å². The van der Waals surface area contributed by atoms with E-state index >= 15 is 0 Å². The second-order valence-corrected chi connectivity index (χ2v) is 2.60. The third-order valence-electron chi connectivity index (χ3n) is 1.67. The third kappa shape index (κ3) is 1.80. The molecule has 0 saturated carbocycles. The maximum absolute atomic E-state index is 5.64. The Kier molecular flexibility index (Phi) is 2.25. The number of nitrogens with one attached hydrogen (secondary N) is 1. The van der Waals surface area contributed by atoms with Crippen LogP contribution in [0, 0.1) is 5.92 Å². The first kappa shape index (κ1) is 6.78. The van der Waals surface area contributed by atoms with Crippen molar-refractivity contribution < 1.29 is 0 Å². The molecule has 1 aliphatic carbocycles. The first-order valence-corrected chi connectivity index (χ1v) is 3.41. The first-order chi connectivity index (χ1) is 4.33. The van der Waals surface area contributed by atoms with Crippen LogP contribution in [0.2, 0.25) is 0 Å². The van der Waals surface area contributed by atoms with Gasteiger partial charge in [0.25, 0.3) is 0 Å². The fraction of sp³-hybridized carbons (Fsp3) is 0.714. The van der Waals surface area contributed by atoms with Crippen molar-refractivity contribution in [2.24, 2.45) is 11.7 Å². The molecule has 2 unspecified atom stereocenters. The standard InChI is InChI=1S/C7H14N2/c1-9-5-6-2-3-7(8)4-6/h2-3,6-7,9H,4-5,8H2,1H3. The molecule has 0 radical (unpaired) electrons. The Balaban J connectivity index is 2.24. The highest BCUT2D eigenvalue weighted by Crippen LogP contribution is 2.14. The normalized spacial score (nSPS) is 33.6. The van der Waals surface area contributed by atoms with E-state index < -0.39 is 0 Å². The van der Waals surface area contributed by atoms with E-state index in [-0.39, 0.29) is 0 Å². The maximum atomic E-state index is 5.64. The van der Waals surface area contributed by atoms with Crippen molar-refractivity contribution in [1.29, 1.82) is 0 Å². The second kappa shape index (κ2) is 2.99. The van der Waals surface area contributed by atoms with Crippen LogP contribution >= 0.6 is 0 Å². The van der Waals surface area contributed by atoms with Gasteiger partial charge in [0.2, 0.25) is 0 Å². The van der Waals surface area contributed by atoms with Crippen LogP contribution in [0.4, 0.5) is 0 Å². The summed E-state index contributed by atoms with van der Waals surface area (Å²) in [5.74, 6) is 0.671. The van der Waals surface area contributed by atoms with E-state index in [1.807, 2.05) is 7.05 Å². The molecule has 0 spiro atoms. The minimum Gasteiger partial charge on any atom is -0.324 e. The molecular formula is C7H14N2. The topological polar surface area (TPSA) is 38.0 Å². The second-order valence-electron chi connectivity index (χ2n) is 2.60. The van der Waals surface area contributed by atoms with Crippen molar-refractivity contribution in [3.8, 4) is 0 Å². The highest BCUT2D eigenvalue weighted by atomic mass is 14.8. The van der Waals surface area contributed by atoms with Crippen LogP contribution in [0.15, 0.2) is 12.2 Å². The van der Waals surface area contributed by atoms with E-state index in [0.29, 0.717) is 12.0 Å². The first-order valence-electron chi connectivity index (χ1n) is 3.41. The van der Waals surface area contributed by atoms with E-state index in [4.69, 9.17) is 5.73 Å². The van der Waals surface area contributed by atoms with E-state index in [0.717, 1.165) is 13.0 Å². The predicted octanol–water partition coefficient (Wildman–Crippen LogP) is 0.109. The van der Waals surface area contributed by atoms with Crippen molar-refractivity contribution in [2.75, 3.05) is 13.6 Å². The molecule has 2 nitrogen and oxygen atoms in total. The van der Waals surface area contributed by atoms with Crippen molar-refractivity contribution in [3.05, 3.63) is 12.2 Å². The minimum atomic E-state index is 0.309. The van der Waals surface area contributed by atoms with Crippen LogP contribution in [0.25, 0.3) is 0 Å². The summed E-state index contributed by atoms with van der Waals surface area (Å²) in [6, 6.07) is 0.309. The van der Waals surface area contributed by atoms with Crippen LogP contribution in [0.3, 0.4) is 0 Å². The SMILES string of the molecule is CNCC1C=CC(N)C1. The number of hydrogen-bond donors (Lipinski definition) is 2. The minimum absolute atomic E-state index is 0.309. The van der Waals surface area contributed by atoms with Crippen molar-refractivity contribution in [2.45, 2.75) is 12.5 Å². The smallest absolute Gasteiger partial charge is 0.0229 e. The Morgan fingerprint density at radius 2 is 2.44 bits per heavy atom. The zero-order chi connectivity index (χ0) is 6.69. The lowest BCUT2D eigenvalue weighted by Gasteiger charge is -2.06. The number of nitrogens with two attached hydrogens (primary N) is 1. The molecule has 0 aromatic rings. The number of hydrogen-bond acceptors (Lipinski definition) is 2. The lowest BCUT2D eigenvalue weighted by molar-refractivity contribution is 0.557. The van der Waals surface area contributed by atoms with E-state index in [1.165, 1.54) is 0 Å². The maximum Gasteiger partial charge on any atom is 0.0229 e. The molecule has 0 aliphatic heterocycles. The Morgan fingerprint density at radius 1 is 1.67 bits per heavy atom. The molecule has 0 aromatic carbocycles. The number of rotatable bonds is 2. The highest BCUT2D eigenvalue weighted by Gasteiger charge is 2.13. The molecule has 0 saturated heterocycles. The molecule has 52 valence electrons. The molecule has 0 heterocycles. The van der Waals surface area contributed by atoms with Crippen molar-refractivity contribution >= 4 is 0 Å². The van der Waals surface area contributed by atoms with Crippen molar-refractivity contribution in [3.63, 3.8) is 0 Å². The van der Waals surface area contributed by atoms with E-state index in [1.54, 1.807) is 0 Å². The summed E-state index contributed by atoms with van der Waals surface area (Å²) in [5.41, 5.74) is 5.64. The molecule has 0 amide bonds. The van der Waals surface area contributed by atoms with Crippen LogP contribution in [0.1, 0.15) is 6.42 Å². The summed E-state index contributed by atoms with van der Waals surface area (Å²) in [7, 11) is 1.97. The Morgan fingerprint density at radius 3 is 2.89 bits per heavy atom. The molecule has 2 heteroatoms. The fourth-order valence-corrected chi connectivity index (χ4v) is 1.22. The summed E-state index contributed by atoms with van der Waals surface area (Å²) >= 11 is 0. The summed E-state index contributed by atoms with van der Waals surface area (Å²) in [6.07, 6.45) is 5.39. The largest absolute Gasteiger partial charge is 0.324 e. The monoisotopic (exact) mass is 126 g/mol. The van der Waals surface area contributed by atoms with Gasteiger partial charge in [-0.3, -0.25) is 0 Å². The summed E-state index contributed by atoms with van der Waals surface area (Å²) in [5, 5.41) is 3.12. The quantitative estimate of drug-likeness (QED) is 0.515. The van der Waals surface area contributed by atoms with Gasteiger partial charge in [0.15, 0.2) is 0 Å². The Bertz CT molecular complexity index is 109. The van der Waals surface area contributed by atoms with Crippen LogP contribution in [-0.4, -0.2) is 19.6 Å². The Hall–Kier alpha value is -0.340. The van der Waals surface area contributed by atoms with Crippen LogP contribution < -0.4 is 11.1 Å².